The van der Waals surface area contributed by atoms with Gasteiger partial charge in [0.05, 0.1) is 0 Å². The first kappa shape index (κ1) is 18.0. The molecule has 0 fully saturated rings. The molecule has 0 saturated carbocycles. The molecule has 22 heavy (non-hydrogen) atoms. The fraction of sp³-hybridized carbons (Fsp3) is 0.308. The Hall–Kier alpha value is -2.03. The van der Waals surface area contributed by atoms with Gasteiger partial charge in [-0.15, -0.1) is 0 Å². The SMILES string of the molecule is C=Cc1ccc(COC(=O)C([O-])(C(F)(F)F)C(F)(F)F)cc1. The number of ether oxygens (including phenoxy) is 1. The normalized spacial score (nSPS) is 12.9. The van der Waals surface area contributed by atoms with Crippen molar-refractivity contribution in [3.05, 3.63) is 42.0 Å². The van der Waals surface area contributed by atoms with Crippen molar-refractivity contribution in [2.75, 3.05) is 0 Å². The molecule has 0 aliphatic heterocycles. The Morgan fingerprint density at radius 1 is 1.09 bits per heavy atom. The summed E-state index contributed by atoms with van der Waals surface area (Å²) >= 11 is 0. The van der Waals surface area contributed by atoms with Gasteiger partial charge in [0, 0.05) is 0 Å². The van der Waals surface area contributed by atoms with E-state index in [-0.39, 0.29) is 5.56 Å². The highest BCUT2D eigenvalue weighted by atomic mass is 19.4. The zero-order valence-electron chi connectivity index (χ0n) is 10.8. The van der Waals surface area contributed by atoms with Crippen molar-refractivity contribution in [3.63, 3.8) is 0 Å². The number of benzene rings is 1. The summed E-state index contributed by atoms with van der Waals surface area (Å²) in [7, 11) is 0. The van der Waals surface area contributed by atoms with Crippen molar-refractivity contribution in [2.45, 2.75) is 24.6 Å². The number of hydrogen-bond acceptors (Lipinski definition) is 3. The molecule has 1 rings (SSSR count). The van der Waals surface area contributed by atoms with Gasteiger partial charge in [-0.05, 0) is 11.1 Å². The van der Waals surface area contributed by atoms with E-state index in [1.165, 1.54) is 30.3 Å². The van der Waals surface area contributed by atoms with Gasteiger partial charge < -0.3 is 9.84 Å². The van der Waals surface area contributed by atoms with Crippen LogP contribution in [0.15, 0.2) is 30.8 Å². The second-order valence-corrected chi connectivity index (χ2v) is 4.20. The van der Waals surface area contributed by atoms with E-state index < -0.39 is 30.5 Å². The molecule has 0 heterocycles. The van der Waals surface area contributed by atoms with Crippen LogP contribution in [-0.4, -0.2) is 23.9 Å². The summed E-state index contributed by atoms with van der Waals surface area (Å²) < 4.78 is 77.9. The Morgan fingerprint density at radius 2 is 1.55 bits per heavy atom. The number of halogens is 6. The van der Waals surface area contributed by atoms with E-state index in [2.05, 4.69) is 11.3 Å². The van der Waals surface area contributed by atoms with Crippen LogP contribution in [0.1, 0.15) is 11.1 Å². The lowest BCUT2D eigenvalue weighted by atomic mass is 10.0. The Balaban J connectivity index is 2.91. The molecule has 0 atom stereocenters. The highest BCUT2D eigenvalue weighted by molar-refractivity contribution is 5.81. The van der Waals surface area contributed by atoms with Crippen molar-refractivity contribution in [3.8, 4) is 0 Å². The second kappa shape index (κ2) is 5.99. The van der Waals surface area contributed by atoms with Crippen molar-refractivity contribution in [1.29, 1.82) is 0 Å². The molecule has 1 aromatic carbocycles. The van der Waals surface area contributed by atoms with E-state index in [1.807, 2.05) is 0 Å². The van der Waals surface area contributed by atoms with E-state index >= 15 is 0 Å². The van der Waals surface area contributed by atoms with Crippen LogP contribution in [0.3, 0.4) is 0 Å². The minimum atomic E-state index is -6.37. The van der Waals surface area contributed by atoms with Gasteiger partial charge in [0.15, 0.2) is 5.60 Å². The average Bonchev–Trinajstić information content (AvgIpc) is 2.41. The molecule has 0 spiro atoms. The van der Waals surface area contributed by atoms with E-state index in [9.17, 15) is 36.2 Å². The summed E-state index contributed by atoms with van der Waals surface area (Å²) in [6.45, 7) is 2.55. The van der Waals surface area contributed by atoms with Gasteiger partial charge in [0.25, 0.3) is 0 Å². The molecule has 1 aromatic rings. The third kappa shape index (κ3) is 3.41. The first-order chi connectivity index (χ1) is 9.93. The van der Waals surface area contributed by atoms with Crippen LogP contribution < -0.4 is 5.11 Å². The number of hydrogen-bond donors (Lipinski definition) is 0. The van der Waals surface area contributed by atoms with Gasteiger partial charge in [-0.3, -0.25) is 4.79 Å². The highest BCUT2D eigenvalue weighted by Crippen LogP contribution is 2.41. The van der Waals surface area contributed by atoms with Crippen molar-refractivity contribution in [2.24, 2.45) is 0 Å². The largest absolute Gasteiger partial charge is 0.828 e. The van der Waals surface area contributed by atoms with Crippen LogP contribution in [0.25, 0.3) is 6.08 Å². The van der Waals surface area contributed by atoms with E-state index in [0.717, 1.165) is 0 Å². The third-order valence-electron chi connectivity index (χ3n) is 2.67. The number of carbonyl (C=O) groups excluding carboxylic acids is 1. The van der Waals surface area contributed by atoms with Gasteiger partial charge in [-0.1, -0.05) is 36.9 Å². The van der Waals surface area contributed by atoms with Crippen molar-refractivity contribution >= 4 is 12.0 Å². The lowest BCUT2D eigenvalue weighted by Crippen LogP contribution is -2.71. The molecular formula is C13H9F6O3-. The predicted molar refractivity (Wildman–Crippen MR) is 61.2 cm³/mol. The molecule has 0 unspecified atom stereocenters. The summed E-state index contributed by atoms with van der Waals surface area (Å²) in [5.41, 5.74) is -5.06. The maximum absolute atomic E-state index is 12.3. The Morgan fingerprint density at radius 3 is 1.91 bits per heavy atom. The first-order valence-corrected chi connectivity index (χ1v) is 5.66. The van der Waals surface area contributed by atoms with E-state index in [0.29, 0.717) is 5.56 Å². The van der Waals surface area contributed by atoms with Crippen LogP contribution >= 0.6 is 0 Å². The zero-order chi connectivity index (χ0) is 17.2. The van der Waals surface area contributed by atoms with Gasteiger partial charge in [0.1, 0.15) is 6.61 Å². The molecule has 0 aliphatic rings. The molecule has 0 bridgehead atoms. The Kier molecular flexibility index (Phi) is 4.91. The molecule has 0 saturated heterocycles. The minimum absolute atomic E-state index is 0.116. The summed E-state index contributed by atoms with van der Waals surface area (Å²) in [5.74, 6) is -2.94. The molecular weight excluding hydrogens is 318 g/mol. The maximum Gasteiger partial charge on any atom is 0.399 e. The number of esters is 1. The van der Waals surface area contributed by atoms with Gasteiger partial charge in [-0.2, -0.15) is 26.3 Å². The fourth-order valence-electron chi connectivity index (χ4n) is 1.39. The monoisotopic (exact) mass is 327 g/mol. The third-order valence-corrected chi connectivity index (χ3v) is 2.67. The zero-order valence-corrected chi connectivity index (χ0v) is 10.8. The smallest absolute Gasteiger partial charge is 0.399 e. The summed E-state index contributed by atoms with van der Waals surface area (Å²) in [4.78, 5) is 11.1. The number of rotatable bonds is 4. The van der Waals surface area contributed by atoms with Crippen LogP contribution in [0.4, 0.5) is 26.3 Å². The standard InChI is InChI=1S/C13H9F6O3/c1-2-8-3-5-9(6-4-8)7-22-10(20)11(21,12(14,15)16)13(17,18)19/h2-6H,1,7H2/q-1. The van der Waals surface area contributed by atoms with Gasteiger partial charge in [-0.25, -0.2) is 0 Å². The predicted octanol–water partition coefficient (Wildman–Crippen LogP) is 2.60. The van der Waals surface area contributed by atoms with Crippen LogP contribution in [0.2, 0.25) is 0 Å². The minimum Gasteiger partial charge on any atom is -0.828 e. The van der Waals surface area contributed by atoms with Crippen LogP contribution in [0.5, 0.6) is 0 Å². The topological polar surface area (TPSA) is 49.4 Å². The molecule has 0 amide bonds. The van der Waals surface area contributed by atoms with Crippen molar-refractivity contribution in [1.82, 2.24) is 0 Å². The maximum atomic E-state index is 12.3. The van der Waals surface area contributed by atoms with E-state index in [1.54, 1.807) is 0 Å². The summed E-state index contributed by atoms with van der Waals surface area (Å²) in [5, 5.41) is 11.0. The lowest BCUT2D eigenvalue weighted by Gasteiger charge is -2.40. The van der Waals surface area contributed by atoms with Gasteiger partial charge in [0.2, 0.25) is 0 Å². The average molecular weight is 327 g/mol. The summed E-state index contributed by atoms with van der Waals surface area (Å²) in [6.07, 6.45) is -11.3. The molecule has 0 N–H and O–H groups in total. The number of carbonyl (C=O) groups is 1. The molecule has 9 heteroatoms. The lowest BCUT2D eigenvalue weighted by molar-refractivity contribution is -0.574. The fourth-order valence-corrected chi connectivity index (χ4v) is 1.39. The molecule has 3 nitrogen and oxygen atoms in total. The van der Waals surface area contributed by atoms with Crippen LogP contribution in [-0.2, 0) is 16.1 Å². The number of alkyl halides is 6. The quantitative estimate of drug-likeness (QED) is 0.631. The highest BCUT2D eigenvalue weighted by Gasteiger charge is 2.68. The Bertz CT molecular complexity index is 530. The van der Waals surface area contributed by atoms with Gasteiger partial charge >= 0.3 is 18.3 Å². The second-order valence-electron chi connectivity index (χ2n) is 4.20. The van der Waals surface area contributed by atoms with Crippen LogP contribution in [0, 0.1) is 0 Å². The Labute approximate surface area is 120 Å². The molecule has 0 aliphatic carbocycles. The first-order valence-electron chi connectivity index (χ1n) is 5.66. The summed E-state index contributed by atoms with van der Waals surface area (Å²) in [6, 6.07) is 5.51. The molecule has 0 radical (unpaired) electrons. The molecule has 122 valence electrons. The molecule has 0 aromatic heterocycles. The van der Waals surface area contributed by atoms with Crippen molar-refractivity contribution < 1.29 is 41.0 Å². The van der Waals surface area contributed by atoms with E-state index in [4.69, 9.17) is 0 Å².